The number of piperazine rings is 1. The number of nitrogens with zero attached hydrogens (tertiary/aromatic N) is 6. The first-order valence-corrected chi connectivity index (χ1v) is 14.8. The number of benzene rings is 2. The van der Waals surface area contributed by atoms with Gasteiger partial charge in [-0.2, -0.15) is 0 Å². The van der Waals surface area contributed by atoms with Gasteiger partial charge in [0.05, 0.1) is 5.56 Å². The summed E-state index contributed by atoms with van der Waals surface area (Å²) in [6.07, 6.45) is 2.18. The normalized spacial score (nSPS) is 17.1. The number of aromatic hydroxyl groups is 2. The number of rotatable bonds is 8. The Labute approximate surface area is 246 Å². The summed E-state index contributed by atoms with van der Waals surface area (Å²) in [5.41, 5.74) is 2.22. The maximum atomic E-state index is 13.0. The minimum atomic E-state index is -0.367. The van der Waals surface area contributed by atoms with Gasteiger partial charge in [-0.15, -0.1) is 10.2 Å². The molecule has 0 spiro atoms. The molecule has 2 aliphatic rings. The Morgan fingerprint density at radius 2 is 1.60 bits per heavy atom. The Morgan fingerprint density at radius 1 is 0.929 bits per heavy atom. The third kappa shape index (κ3) is 6.91. The van der Waals surface area contributed by atoms with Crippen LogP contribution in [0.4, 0.5) is 0 Å². The molecule has 0 saturated carbocycles. The average molecular weight is 576 g/mol. The molecule has 2 fully saturated rings. The summed E-state index contributed by atoms with van der Waals surface area (Å²) in [5.74, 6) is 0.675. The Bertz CT molecular complexity index is 1390. The van der Waals surface area contributed by atoms with Gasteiger partial charge in [0.25, 0.3) is 5.91 Å². The minimum Gasteiger partial charge on any atom is -0.508 e. The fraction of sp³-hybridized carbons (Fsp3) is 0.484. The van der Waals surface area contributed by atoms with Crippen molar-refractivity contribution in [2.45, 2.75) is 46.2 Å². The van der Waals surface area contributed by atoms with Gasteiger partial charge in [0, 0.05) is 77.1 Å². The molecule has 2 amide bonds. The summed E-state index contributed by atoms with van der Waals surface area (Å²) in [5, 5.41) is 31.5. The third-order valence-electron chi connectivity index (χ3n) is 8.15. The molecule has 3 N–H and O–H groups in total. The van der Waals surface area contributed by atoms with Crippen molar-refractivity contribution in [3.05, 3.63) is 53.9 Å². The lowest BCUT2D eigenvalue weighted by molar-refractivity contribution is -0.130. The van der Waals surface area contributed by atoms with Crippen molar-refractivity contribution in [1.29, 1.82) is 0 Å². The van der Waals surface area contributed by atoms with Crippen molar-refractivity contribution >= 4 is 11.8 Å². The van der Waals surface area contributed by atoms with Crippen LogP contribution in [0.25, 0.3) is 17.1 Å². The second kappa shape index (κ2) is 12.9. The van der Waals surface area contributed by atoms with E-state index >= 15 is 0 Å². The van der Waals surface area contributed by atoms with Crippen molar-refractivity contribution < 1.29 is 19.8 Å². The van der Waals surface area contributed by atoms with Crippen molar-refractivity contribution in [3.8, 4) is 28.6 Å². The third-order valence-corrected chi connectivity index (χ3v) is 8.15. The number of hydrogen-bond acceptors (Lipinski definition) is 8. The number of hydrogen-bond donors (Lipinski definition) is 3. The number of piperidine rings is 1. The lowest BCUT2D eigenvalue weighted by atomic mass is 9.96. The molecule has 0 radical (unpaired) electrons. The van der Waals surface area contributed by atoms with Crippen LogP contribution in [0, 0.1) is 5.92 Å². The Kier molecular flexibility index (Phi) is 9.08. The molecule has 3 aromatic rings. The van der Waals surface area contributed by atoms with Gasteiger partial charge in [0.2, 0.25) is 11.7 Å². The first-order valence-electron chi connectivity index (χ1n) is 14.8. The fourth-order valence-electron chi connectivity index (χ4n) is 5.82. The Morgan fingerprint density at radius 3 is 2.21 bits per heavy atom. The average Bonchev–Trinajstić information content (AvgIpc) is 3.39. The second-order valence-corrected chi connectivity index (χ2v) is 11.7. The second-order valence-electron chi connectivity index (χ2n) is 11.7. The molecule has 11 heteroatoms. The lowest BCUT2D eigenvalue weighted by Crippen LogP contribution is -2.48. The molecule has 5 rings (SSSR count). The molecular weight excluding hydrogens is 534 g/mol. The Hall–Kier alpha value is -3.96. The van der Waals surface area contributed by atoms with Gasteiger partial charge in [-0.05, 0) is 62.4 Å². The predicted octanol–water partition coefficient (Wildman–Crippen LogP) is 2.86. The molecule has 0 atom stereocenters. The van der Waals surface area contributed by atoms with Gasteiger partial charge in [0.15, 0.2) is 5.82 Å². The van der Waals surface area contributed by atoms with Crippen LogP contribution in [0.2, 0.25) is 0 Å². The molecule has 2 aromatic carbocycles. The fourth-order valence-corrected chi connectivity index (χ4v) is 5.82. The largest absolute Gasteiger partial charge is 0.508 e. The molecular formula is C31H41N7O4. The van der Waals surface area contributed by atoms with E-state index in [1.54, 1.807) is 17.6 Å². The number of likely N-dealkylation sites (tertiary alicyclic amines) is 1. The number of aromatic nitrogens is 3. The van der Waals surface area contributed by atoms with Crippen LogP contribution in [0.15, 0.2) is 42.5 Å². The van der Waals surface area contributed by atoms with E-state index < -0.39 is 0 Å². The van der Waals surface area contributed by atoms with E-state index in [1.165, 1.54) is 17.7 Å². The van der Waals surface area contributed by atoms with E-state index in [4.69, 9.17) is 0 Å². The summed E-state index contributed by atoms with van der Waals surface area (Å²) < 4.78 is 1.63. The van der Waals surface area contributed by atoms with Crippen LogP contribution >= 0.6 is 0 Å². The quantitative estimate of drug-likeness (QED) is 0.374. The molecule has 0 bridgehead atoms. The van der Waals surface area contributed by atoms with Gasteiger partial charge in [-0.3, -0.25) is 19.1 Å². The Balaban J connectivity index is 1.24. The monoisotopic (exact) mass is 575 g/mol. The highest BCUT2D eigenvalue weighted by Gasteiger charge is 2.26. The van der Waals surface area contributed by atoms with Crippen molar-refractivity contribution in [1.82, 2.24) is 34.8 Å². The maximum absolute atomic E-state index is 13.0. The summed E-state index contributed by atoms with van der Waals surface area (Å²) >= 11 is 0. The van der Waals surface area contributed by atoms with Crippen LogP contribution in [0.3, 0.4) is 0 Å². The number of carbonyl (C=O) groups is 2. The molecule has 2 aliphatic heterocycles. The van der Waals surface area contributed by atoms with E-state index in [-0.39, 0.29) is 35.2 Å². The van der Waals surface area contributed by atoms with Gasteiger partial charge >= 0.3 is 0 Å². The number of amides is 2. The lowest BCUT2D eigenvalue weighted by Gasteiger charge is -2.38. The molecule has 42 heavy (non-hydrogen) atoms. The van der Waals surface area contributed by atoms with Gasteiger partial charge in [-0.1, -0.05) is 12.1 Å². The minimum absolute atomic E-state index is 0.0692. The molecule has 1 aromatic heterocycles. The van der Waals surface area contributed by atoms with Crippen LogP contribution in [-0.4, -0.2) is 103 Å². The van der Waals surface area contributed by atoms with E-state index in [0.717, 1.165) is 65.2 Å². The summed E-state index contributed by atoms with van der Waals surface area (Å²) in [6, 6.07) is 12.1. The van der Waals surface area contributed by atoms with Crippen molar-refractivity contribution in [2.24, 2.45) is 5.92 Å². The van der Waals surface area contributed by atoms with Crippen LogP contribution < -0.4 is 5.32 Å². The van der Waals surface area contributed by atoms with Gasteiger partial charge in [0.1, 0.15) is 11.5 Å². The summed E-state index contributed by atoms with van der Waals surface area (Å²) in [6.45, 7) is 13.2. The first-order chi connectivity index (χ1) is 20.2. The van der Waals surface area contributed by atoms with Crippen LogP contribution in [0.5, 0.6) is 11.5 Å². The number of carbonyl (C=O) groups excluding carboxylic acids is 2. The first kappa shape index (κ1) is 29.5. The highest BCUT2D eigenvalue weighted by Crippen LogP contribution is 2.33. The topological polar surface area (TPSA) is 127 Å². The molecule has 3 heterocycles. The highest BCUT2D eigenvalue weighted by atomic mass is 16.3. The SMILES string of the molecule is CC(=O)N1CCC(CN2CCN(Cc3ccc(-n4c(C(=O)NC(C)C)nnc4-c4ccc(O)cc4O)cc3)CC2)CC1. The maximum Gasteiger partial charge on any atom is 0.289 e. The van der Waals surface area contributed by atoms with Gasteiger partial charge < -0.3 is 25.3 Å². The van der Waals surface area contributed by atoms with Crippen LogP contribution in [-0.2, 0) is 11.3 Å². The number of phenolic OH excluding ortho intramolecular Hbond substituents is 2. The van der Waals surface area contributed by atoms with E-state index in [2.05, 4.69) is 37.4 Å². The molecule has 2 saturated heterocycles. The number of nitrogens with one attached hydrogen (secondary N) is 1. The van der Waals surface area contributed by atoms with Crippen LogP contribution in [0.1, 0.15) is 49.8 Å². The zero-order valence-electron chi connectivity index (χ0n) is 24.7. The van der Waals surface area contributed by atoms with Crippen molar-refractivity contribution in [2.75, 3.05) is 45.8 Å². The van der Waals surface area contributed by atoms with E-state index in [9.17, 15) is 19.8 Å². The number of phenols is 2. The molecule has 0 unspecified atom stereocenters. The molecule has 224 valence electrons. The van der Waals surface area contributed by atoms with Gasteiger partial charge in [-0.25, -0.2) is 0 Å². The zero-order valence-corrected chi connectivity index (χ0v) is 24.7. The summed E-state index contributed by atoms with van der Waals surface area (Å²) in [7, 11) is 0. The standard InChI is InChI=1S/C31H41N7O4/c1-21(2)32-31(42)30-34-33-29(27-9-8-26(40)18-28(27)41)38(30)25-6-4-23(5-7-25)19-35-14-16-36(17-15-35)20-24-10-12-37(13-11-24)22(3)39/h4-9,18,21,24,40-41H,10-17,19-20H2,1-3H3,(H,32,42). The van der Waals surface area contributed by atoms with Crippen molar-refractivity contribution in [3.63, 3.8) is 0 Å². The zero-order chi connectivity index (χ0) is 29.8. The smallest absolute Gasteiger partial charge is 0.289 e. The highest BCUT2D eigenvalue weighted by molar-refractivity contribution is 5.92. The van der Waals surface area contributed by atoms with E-state index in [1.807, 2.05) is 30.9 Å². The van der Waals surface area contributed by atoms with E-state index in [0.29, 0.717) is 23.0 Å². The summed E-state index contributed by atoms with van der Waals surface area (Å²) in [4.78, 5) is 31.6. The molecule has 0 aliphatic carbocycles. The predicted molar refractivity (Wildman–Crippen MR) is 159 cm³/mol. The molecule has 11 nitrogen and oxygen atoms in total.